The van der Waals surface area contributed by atoms with E-state index < -0.39 is 20.0 Å². The monoisotopic (exact) mass is 564 g/mol. The zero-order valence-corrected chi connectivity index (χ0v) is 20.4. The van der Waals surface area contributed by atoms with Crippen LogP contribution in [0, 0.1) is 0 Å². The first-order valence-electron chi connectivity index (χ1n) is 8.15. The van der Waals surface area contributed by atoms with Crippen LogP contribution in [0.5, 0.6) is 5.75 Å². The van der Waals surface area contributed by atoms with Crippen LogP contribution in [0.1, 0.15) is 0 Å². The molecule has 13 heteroatoms. The molecule has 1 saturated heterocycles. The lowest BCUT2D eigenvalue weighted by atomic mass is 10.3. The van der Waals surface area contributed by atoms with Gasteiger partial charge < -0.3 is 15.4 Å². The number of guanidine groups is 1. The summed E-state index contributed by atoms with van der Waals surface area (Å²) in [6, 6.07) is 5.77. The molecule has 1 aliphatic heterocycles. The minimum absolute atomic E-state index is 0. The Kier molecular flexibility index (Phi) is 9.62. The van der Waals surface area contributed by atoms with Crippen molar-refractivity contribution < 1.29 is 21.6 Å². The van der Waals surface area contributed by atoms with Crippen molar-refractivity contribution in [1.29, 1.82) is 0 Å². The number of anilines is 1. The van der Waals surface area contributed by atoms with Gasteiger partial charge in [0.2, 0.25) is 20.0 Å². The van der Waals surface area contributed by atoms with Gasteiger partial charge in [0.15, 0.2) is 5.96 Å². The molecule has 0 spiro atoms. The van der Waals surface area contributed by atoms with E-state index in [1.165, 1.54) is 24.3 Å². The Morgan fingerprint density at radius 1 is 1.14 bits per heavy atom. The van der Waals surface area contributed by atoms with Crippen LogP contribution in [0.15, 0.2) is 29.3 Å². The molecule has 1 aromatic rings. The molecule has 0 saturated carbocycles. The highest BCUT2D eigenvalue weighted by atomic mass is 127. The van der Waals surface area contributed by atoms with Gasteiger partial charge in [-0.2, -0.15) is 15.5 Å². The number of nitrogens with zero attached hydrogens (tertiary/aromatic N) is 3. The number of halogens is 1. The van der Waals surface area contributed by atoms with Gasteiger partial charge in [0, 0.05) is 24.6 Å². The smallest absolute Gasteiger partial charge is 0.245 e. The summed E-state index contributed by atoms with van der Waals surface area (Å²) in [4.78, 5) is 6.33. The number of ether oxygens (including phenoxy) is 1. The lowest BCUT2D eigenvalue weighted by molar-refractivity contribution is 0.327. The van der Waals surface area contributed by atoms with E-state index in [2.05, 4.69) is 4.99 Å². The van der Waals surface area contributed by atoms with Gasteiger partial charge in [-0.05, 0) is 24.3 Å². The molecule has 1 fully saturated rings. The number of nitrogens with two attached hydrogens (primary N) is 1. The molecule has 2 rings (SSSR count). The van der Waals surface area contributed by atoms with Crippen molar-refractivity contribution in [1.82, 2.24) is 4.90 Å². The van der Waals surface area contributed by atoms with Crippen LogP contribution in [0.4, 0.5) is 5.69 Å². The summed E-state index contributed by atoms with van der Waals surface area (Å²) in [5.41, 5.74) is 5.98. The maximum atomic E-state index is 11.8. The molecule has 160 valence electrons. The zero-order valence-electron chi connectivity index (χ0n) is 15.6. The van der Waals surface area contributed by atoms with Gasteiger partial charge in [-0.3, -0.25) is 0 Å². The third kappa shape index (κ3) is 7.48. The number of hydrogen-bond acceptors (Lipinski definition) is 7. The first-order chi connectivity index (χ1) is 12.6. The van der Waals surface area contributed by atoms with Crippen molar-refractivity contribution in [3.05, 3.63) is 24.3 Å². The van der Waals surface area contributed by atoms with E-state index in [-0.39, 0.29) is 29.7 Å². The summed E-state index contributed by atoms with van der Waals surface area (Å²) in [6.45, 7) is 2.46. The maximum absolute atomic E-state index is 11.8. The summed E-state index contributed by atoms with van der Waals surface area (Å²) < 4.78 is 52.9. The van der Waals surface area contributed by atoms with Crippen molar-refractivity contribution >= 4 is 67.4 Å². The van der Waals surface area contributed by atoms with Gasteiger partial charge >= 0.3 is 0 Å². The molecular weight excluding hydrogens is 539 g/mol. The number of sulfonamides is 2. The summed E-state index contributed by atoms with van der Waals surface area (Å²) in [5.74, 6) is 3.06. The molecule has 0 aliphatic carbocycles. The number of thioether (sulfide) groups is 1. The number of hydrogen-bond donors (Lipinski definition) is 1. The summed E-state index contributed by atoms with van der Waals surface area (Å²) >= 11 is 1.89. The number of aliphatic imine (C=N–C) groups is 1. The molecule has 1 aromatic carbocycles. The van der Waals surface area contributed by atoms with E-state index in [9.17, 15) is 16.8 Å². The van der Waals surface area contributed by atoms with Crippen LogP contribution >= 0.6 is 35.7 Å². The van der Waals surface area contributed by atoms with Crippen LogP contribution in [0.2, 0.25) is 0 Å². The second-order valence-electron chi connectivity index (χ2n) is 5.90. The van der Waals surface area contributed by atoms with Gasteiger partial charge in [-0.15, -0.1) is 24.0 Å². The Labute approximate surface area is 187 Å². The topological polar surface area (TPSA) is 122 Å². The second kappa shape index (κ2) is 10.7. The molecule has 0 amide bonds. The fourth-order valence-corrected chi connectivity index (χ4v) is 6.39. The third-order valence-electron chi connectivity index (χ3n) is 3.62. The fraction of sp³-hybridized carbons (Fsp3) is 0.533. The van der Waals surface area contributed by atoms with Crippen LogP contribution < -0.4 is 14.2 Å². The summed E-state index contributed by atoms with van der Waals surface area (Å²) in [7, 11) is -7.93. The molecule has 0 unspecified atom stereocenters. The molecule has 9 nitrogen and oxygen atoms in total. The molecule has 0 atom stereocenters. The quantitative estimate of drug-likeness (QED) is 0.223. The molecule has 2 N–H and O–H groups in total. The highest BCUT2D eigenvalue weighted by molar-refractivity contribution is 14.0. The third-order valence-corrected chi connectivity index (χ3v) is 7.81. The largest absolute Gasteiger partial charge is 0.492 e. The summed E-state index contributed by atoms with van der Waals surface area (Å²) in [6.07, 6.45) is 1.67. The SMILES string of the molecule is CS(=O)(=O)N(c1ccc(OCCN=C(N)N2CCSCC2)cc1)S(C)(=O)=O.I. The molecule has 0 aromatic heterocycles. The van der Waals surface area contributed by atoms with Gasteiger partial charge in [-0.1, -0.05) is 0 Å². The Morgan fingerprint density at radius 3 is 2.18 bits per heavy atom. The van der Waals surface area contributed by atoms with E-state index in [4.69, 9.17) is 10.5 Å². The average molecular weight is 564 g/mol. The van der Waals surface area contributed by atoms with Crippen LogP contribution in [-0.2, 0) is 20.0 Å². The van der Waals surface area contributed by atoms with Crippen LogP contribution in [0.25, 0.3) is 0 Å². The van der Waals surface area contributed by atoms with E-state index in [1.807, 2.05) is 16.7 Å². The van der Waals surface area contributed by atoms with Crippen molar-refractivity contribution in [2.75, 3.05) is 54.0 Å². The van der Waals surface area contributed by atoms with Gasteiger partial charge in [0.1, 0.15) is 12.4 Å². The predicted molar refractivity (Wildman–Crippen MR) is 125 cm³/mol. The molecule has 0 bridgehead atoms. The van der Waals surface area contributed by atoms with Crippen LogP contribution in [-0.4, -0.2) is 78.0 Å². The number of benzene rings is 1. The molecule has 0 radical (unpaired) electrons. The van der Waals surface area contributed by atoms with E-state index >= 15 is 0 Å². The van der Waals surface area contributed by atoms with E-state index in [0.29, 0.717) is 28.6 Å². The van der Waals surface area contributed by atoms with Crippen molar-refractivity contribution in [2.24, 2.45) is 10.7 Å². The molecular formula is C15H25IN4O5S3. The minimum atomic E-state index is -3.96. The maximum Gasteiger partial charge on any atom is 0.245 e. The minimum Gasteiger partial charge on any atom is -0.492 e. The Hall–Kier alpha value is -0.930. The molecule has 28 heavy (non-hydrogen) atoms. The molecule has 1 aliphatic rings. The van der Waals surface area contributed by atoms with Gasteiger partial charge in [-0.25, -0.2) is 21.8 Å². The fourth-order valence-electron chi connectivity index (χ4n) is 2.51. The Bertz CT molecular complexity index is 837. The van der Waals surface area contributed by atoms with E-state index in [0.717, 1.165) is 37.1 Å². The van der Waals surface area contributed by atoms with Gasteiger partial charge in [0.25, 0.3) is 0 Å². The highest BCUT2D eigenvalue weighted by Gasteiger charge is 2.27. The Balaban J connectivity index is 0.00000392. The van der Waals surface area contributed by atoms with Gasteiger partial charge in [0.05, 0.1) is 24.7 Å². The lowest BCUT2D eigenvalue weighted by Gasteiger charge is -2.27. The predicted octanol–water partition coefficient (Wildman–Crippen LogP) is 0.773. The van der Waals surface area contributed by atoms with E-state index in [1.54, 1.807) is 0 Å². The number of rotatable bonds is 7. The standard InChI is InChI=1S/C15H24N4O5S3.HI/c1-26(20,21)19(27(2,22)23)13-3-5-14(6-4-13)24-10-7-17-15(16)18-8-11-25-12-9-18;/h3-6H,7-12H2,1-2H3,(H2,16,17);1H. The average Bonchev–Trinajstić information content (AvgIpc) is 2.58. The van der Waals surface area contributed by atoms with Crippen molar-refractivity contribution in [2.45, 2.75) is 0 Å². The lowest BCUT2D eigenvalue weighted by Crippen LogP contribution is -2.42. The highest BCUT2D eigenvalue weighted by Crippen LogP contribution is 2.24. The van der Waals surface area contributed by atoms with Crippen LogP contribution in [0.3, 0.4) is 0 Å². The van der Waals surface area contributed by atoms with Crippen molar-refractivity contribution in [3.8, 4) is 5.75 Å². The first kappa shape index (κ1) is 25.1. The zero-order chi connectivity index (χ0) is 20.1. The normalized spacial score (nSPS) is 15.6. The Morgan fingerprint density at radius 2 is 1.68 bits per heavy atom. The second-order valence-corrected chi connectivity index (χ2v) is 11.0. The molecule has 1 heterocycles. The first-order valence-corrected chi connectivity index (χ1v) is 13.0. The van der Waals surface area contributed by atoms with Crippen molar-refractivity contribution in [3.63, 3.8) is 0 Å². The summed E-state index contributed by atoms with van der Waals surface area (Å²) in [5, 5.41) is 0.